The Labute approximate surface area is 36.8 Å². The molecule has 0 saturated carbocycles. The monoisotopic (exact) mass is 88.0 g/mol. The van der Waals surface area contributed by atoms with Gasteiger partial charge in [0.2, 0.25) is 0 Å². The second kappa shape index (κ2) is 70.8. The van der Waals surface area contributed by atoms with E-state index in [1.807, 2.05) is 0 Å². The van der Waals surface area contributed by atoms with Crippen molar-refractivity contribution in [2.45, 2.75) is 0 Å². The third kappa shape index (κ3) is 50.7. The average Bonchev–Trinajstić information content (AvgIpc) is 1.46. The first kappa shape index (κ1) is 8.82. The lowest BCUT2D eigenvalue weighted by Gasteiger charge is -1.24. The number of carbonyl (C=O) groups excluding carboxylic acids is 1. The number of terminal acetylenes is 1. The minimum absolute atomic E-state index is 0.444. The maximum Gasteiger partial charge on any atom is 0.173 e. The fourth-order valence-electron chi connectivity index (χ4n) is 0. The van der Waals surface area contributed by atoms with Crippen LogP contribution in [0.3, 0.4) is 0 Å². The summed E-state index contributed by atoms with van der Waals surface area (Å²) in [6.45, 7) is 0. The molecule has 1 nitrogen and oxygen atoms in total. The van der Waals surface area contributed by atoms with E-state index in [0.717, 1.165) is 0 Å². The molecule has 0 fully saturated rings. The molecule has 0 saturated heterocycles. The van der Waals surface area contributed by atoms with E-state index in [1.54, 1.807) is 0 Å². The number of hydrogen-bond acceptors (Lipinski definition) is 1. The van der Waals surface area contributed by atoms with Gasteiger partial charge in [0.15, 0.2) is 5.62 Å². The zero-order valence-electron chi connectivity index (χ0n) is 2.59. The maximum absolute atomic E-state index is 8.67. The van der Waals surface area contributed by atoms with E-state index >= 15 is 0 Å². The zero-order chi connectivity index (χ0) is 4.71. The van der Waals surface area contributed by atoms with Crippen LogP contribution in [0.5, 0.6) is 0 Å². The van der Waals surface area contributed by atoms with E-state index in [2.05, 4.69) is 25.5 Å². The average molecular weight is 88.1 g/mol. The van der Waals surface area contributed by atoms with Crippen LogP contribution in [0.4, 0.5) is 0 Å². The Kier molecular flexibility index (Phi) is 125. The van der Waals surface area contributed by atoms with Crippen molar-refractivity contribution in [3.63, 3.8) is 0 Å². The summed E-state index contributed by atoms with van der Waals surface area (Å²) in [5, 5.41) is 0. The van der Waals surface area contributed by atoms with Crippen LogP contribution < -0.4 is 0 Å². The van der Waals surface area contributed by atoms with E-state index in [9.17, 15) is 0 Å². The molecule has 0 aromatic heterocycles. The minimum Gasteiger partial charge on any atom is -0.291 e. The molecule has 5 heavy (non-hydrogen) atoms. The molecule has 0 amide bonds. The van der Waals surface area contributed by atoms with Crippen LogP contribution in [0.1, 0.15) is 0 Å². The maximum atomic E-state index is 8.67. The Morgan fingerprint density at radius 3 is 1.60 bits per heavy atom. The molecular formula is C3H4OS. The Morgan fingerprint density at radius 2 is 1.60 bits per heavy atom. The van der Waals surface area contributed by atoms with Crippen LogP contribution in [0.15, 0.2) is 0 Å². The summed E-state index contributed by atoms with van der Waals surface area (Å²) >= 11 is 3.11. The van der Waals surface area contributed by atoms with Crippen molar-refractivity contribution in [3.05, 3.63) is 0 Å². The first-order valence-electron chi connectivity index (χ1n) is 0.827. The molecule has 0 radical (unpaired) electrons. The summed E-state index contributed by atoms with van der Waals surface area (Å²) in [7, 11) is 0. The summed E-state index contributed by atoms with van der Waals surface area (Å²) < 4.78 is 0. The smallest absolute Gasteiger partial charge is 0.173 e. The summed E-state index contributed by atoms with van der Waals surface area (Å²) in [6.07, 6.45) is 8.00. The standard InChI is InChI=1S/C2H2.CH2OS/c1-2;2-1-3/h1-2H;1H,(H,2,3). The normalized spacial score (nSPS) is 3.00. The highest BCUT2D eigenvalue weighted by atomic mass is 32.1. The van der Waals surface area contributed by atoms with Gasteiger partial charge in [0, 0.05) is 0 Å². The van der Waals surface area contributed by atoms with Crippen molar-refractivity contribution >= 4 is 18.2 Å². The van der Waals surface area contributed by atoms with Gasteiger partial charge in [0.05, 0.1) is 0 Å². The Hall–Kier alpha value is -0.420. The van der Waals surface area contributed by atoms with Crippen LogP contribution in [-0.2, 0) is 4.79 Å². The summed E-state index contributed by atoms with van der Waals surface area (Å²) in [5.41, 5.74) is 0.444. The Morgan fingerprint density at radius 1 is 1.60 bits per heavy atom. The van der Waals surface area contributed by atoms with Gasteiger partial charge < -0.3 is 0 Å². The zero-order valence-corrected chi connectivity index (χ0v) is 3.48. The van der Waals surface area contributed by atoms with Crippen LogP contribution >= 0.6 is 12.6 Å². The molecule has 0 aromatic carbocycles. The lowest BCUT2D eigenvalue weighted by atomic mass is 11.4. The largest absolute Gasteiger partial charge is 0.291 e. The first-order valence-corrected chi connectivity index (χ1v) is 1.34. The highest BCUT2D eigenvalue weighted by Crippen LogP contribution is 1.39. The molecule has 2 heteroatoms. The van der Waals surface area contributed by atoms with E-state index in [4.69, 9.17) is 4.79 Å². The van der Waals surface area contributed by atoms with Gasteiger partial charge in [0.1, 0.15) is 0 Å². The van der Waals surface area contributed by atoms with Crippen molar-refractivity contribution < 1.29 is 4.79 Å². The number of hydrogen-bond donors (Lipinski definition) is 1. The van der Waals surface area contributed by atoms with Gasteiger partial charge >= 0.3 is 0 Å². The van der Waals surface area contributed by atoms with E-state index < -0.39 is 0 Å². The lowest BCUT2D eigenvalue weighted by molar-refractivity contribution is 0.570. The first-order chi connectivity index (χ1) is 2.41. The van der Waals surface area contributed by atoms with Gasteiger partial charge in [-0.25, -0.2) is 0 Å². The highest BCUT2D eigenvalue weighted by molar-refractivity contribution is 7.94. The van der Waals surface area contributed by atoms with Crippen LogP contribution in [-0.4, -0.2) is 5.62 Å². The molecular weight excluding hydrogens is 84.1 g/mol. The minimum atomic E-state index is 0.444. The predicted octanol–water partition coefficient (Wildman–Crippen LogP) is 0.356. The molecule has 0 N–H and O–H groups in total. The van der Waals surface area contributed by atoms with Gasteiger partial charge in [-0.1, -0.05) is 0 Å². The fraction of sp³-hybridized carbons (Fsp3) is 0. The van der Waals surface area contributed by atoms with E-state index in [1.165, 1.54) is 0 Å². The molecule has 0 bridgehead atoms. The third-order valence-electron chi connectivity index (χ3n) is 0. The molecule has 28 valence electrons. The van der Waals surface area contributed by atoms with Gasteiger partial charge in [-0.15, -0.1) is 25.5 Å². The number of rotatable bonds is 0. The molecule has 0 unspecified atom stereocenters. The van der Waals surface area contributed by atoms with Crippen molar-refractivity contribution in [3.8, 4) is 12.8 Å². The molecule has 0 atom stereocenters. The molecule has 0 aliphatic carbocycles. The third-order valence-corrected chi connectivity index (χ3v) is 0. The van der Waals surface area contributed by atoms with Crippen molar-refractivity contribution in [1.29, 1.82) is 0 Å². The van der Waals surface area contributed by atoms with Crippen LogP contribution in [0.25, 0.3) is 0 Å². The van der Waals surface area contributed by atoms with Crippen molar-refractivity contribution in [2.75, 3.05) is 0 Å². The van der Waals surface area contributed by atoms with E-state index in [0.29, 0.717) is 5.62 Å². The van der Waals surface area contributed by atoms with Gasteiger partial charge in [-0.2, -0.15) is 0 Å². The molecule has 0 rings (SSSR count). The molecule has 0 aromatic rings. The van der Waals surface area contributed by atoms with Crippen molar-refractivity contribution in [1.82, 2.24) is 0 Å². The molecule has 0 heterocycles. The van der Waals surface area contributed by atoms with Crippen LogP contribution in [0.2, 0.25) is 0 Å². The molecule has 0 aliphatic rings. The quantitative estimate of drug-likeness (QED) is 0.257. The predicted molar refractivity (Wildman–Crippen MR) is 25.6 cm³/mol. The second-order valence-corrected chi connectivity index (χ2v) is 0.316. The van der Waals surface area contributed by atoms with Crippen molar-refractivity contribution in [2.24, 2.45) is 0 Å². The van der Waals surface area contributed by atoms with Gasteiger partial charge in [-0.3, -0.25) is 4.79 Å². The Balaban J connectivity index is 0. The summed E-state index contributed by atoms with van der Waals surface area (Å²) in [4.78, 5) is 8.67. The highest BCUT2D eigenvalue weighted by Gasteiger charge is 1.24. The van der Waals surface area contributed by atoms with E-state index in [-0.39, 0.29) is 0 Å². The summed E-state index contributed by atoms with van der Waals surface area (Å²) in [6, 6.07) is 0. The Bertz CT molecular complexity index is 31.1. The van der Waals surface area contributed by atoms with Crippen LogP contribution in [0, 0.1) is 12.8 Å². The number of thiol groups is 1. The molecule has 0 spiro atoms. The summed E-state index contributed by atoms with van der Waals surface area (Å²) in [5.74, 6) is 0. The topological polar surface area (TPSA) is 17.1 Å². The SMILES string of the molecule is C#C.O=CS. The second-order valence-electron chi connectivity index (χ2n) is 0.105. The number of carbonyl (C=O) groups is 1. The molecule has 0 aliphatic heterocycles. The fourth-order valence-corrected chi connectivity index (χ4v) is 0. The van der Waals surface area contributed by atoms with Gasteiger partial charge in [0.25, 0.3) is 0 Å². The lowest BCUT2D eigenvalue weighted by Crippen LogP contribution is -1.25. The van der Waals surface area contributed by atoms with Gasteiger partial charge in [-0.05, 0) is 0 Å².